The van der Waals surface area contributed by atoms with Crippen molar-refractivity contribution in [2.24, 2.45) is 5.92 Å². The molecule has 2 atom stereocenters. The number of nitrogens with zero attached hydrogens (tertiary/aromatic N) is 3. The van der Waals surface area contributed by atoms with E-state index in [0.717, 1.165) is 75.2 Å². The second-order valence-electron chi connectivity index (χ2n) is 14.4. The Bertz CT molecular complexity index is 2020. The monoisotopic (exact) mass is 759 g/mol. The molecular weight excluding hydrogens is 713 g/mol. The van der Waals surface area contributed by atoms with Gasteiger partial charge in [-0.1, -0.05) is 78.7 Å². The van der Waals surface area contributed by atoms with Crippen molar-refractivity contribution >= 4 is 29.1 Å². The van der Waals surface area contributed by atoms with Crippen LogP contribution in [0.25, 0.3) is 11.1 Å². The molecule has 7 rings (SSSR count). The van der Waals surface area contributed by atoms with Gasteiger partial charge in [-0.3, -0.25) is 14.5 Å². The van der Waals surface area contributed by atoms with Crippen molar-refractivity contribution < 1.29 is 23.5 Å². The zero-order chi connectivity index (χ0) is 38.0. The molecule has 0 aromatic heterocycles. The highest BCUT2D eigenvalue weighted by molar-refractivity contribution is 6.30. The molecule has 0 spiro atoms. The van der Waals surface area contributed by atoms with E-state index in [1.54, 1.807) is 4.90 Å². The summed E-state index contributed by atoms with van der Waals surface area (Å²) >= 11 is 6.41. The van der Waals surface area contributed by atoms with Crippen LogP contribution in [-0.4, -0.2) is 73.7 Å². The second-order valence-corrected chi connectivity index (χ2v) is 14.9. The van der Waals surface area contributed by atoms with Gasteiger partial charge in [-0.25, -0.2) is 4.39 Å². The van der Waals surface area contributed by atoms with Gasteiger partial charge in [0, 0.05) is 66.7 Å². The van der Waals surface area contributed by atoms with Gasteiger partial charge in [0.15, 0.2) is 0 Å². The van der Waals surface area contributed by atoms with Crippen LogP contribution in [0.1, 0.15) is 52.0 Å². The van der Waals surface area contributed by atoms with E-state index < -0.39 is 5.82 Å². The lowest BCUT2D eigenvalue weighted by molar-refractivity contribution is 0.0322. The fourth-order valence-electron chi connectivity index (χ4n) is 7.68. The van der Waals surface area contributed by atoms with Crippen molar-refractivity contribution in [1.29, 1.82) is 0 Å². The molecule has 1 saturated heterocycles. The SMILES string of the molecule is O=C(c1ccc(F)cc1)N(CC1CCCC(N(Cc2cccc(Cl)c2)C(=O)c2ccc(-c3ccccc3)cc2)C1)c1cccc(OCCN2CCOCC2)c1. The van der Waals surface area contributed by atoms with E-state index in [2.05, 4.69) is 17.0 Å². The number of ether oxygens (including phenoxy) is 2. The Labute approximate surface area is 328 Å². The van der Waals surface area contributed by atoms with E-state index in [4.69, 9.17) is 21.1 Å². The third-order valence-corrected chi connectivity index (χ3v) is 10.9. The molecule has 1 saturated carbocycles. The van der Waals surface area contributed by atoms with Crippen molar-refractivity contribution in [3.05, 3.63) is 155 Å². The van der Waals surface area contributed by atoms with Crippen LogP contribution >= 0.6 is 11.6 Å². The average molecular weight is 760 g/mol. The van der Waals surface area contributed by atoms with E-state index in [1.165, 1.54) is 24.3 Å². The molecule has 0 bridgehead atoms. The summed E-state index contributed by atoms with van der Waals surface area (Å²) in [6.07, 6.45) is 3.38. The number of morpholine rings is 1. The first kappa shape index (κ1) is 38.3. The van der Waals surface area contributed by atoms with Crippen LogP contribution in [0.5, 0.6) is 5.75 Å². The zero-order valence-corrected chi connectivity index (χ0v) is 31.8. The molecule has 1 aliphatic heterocycles. The number of benzene rings is 5. The predicted octanol–water partition coefficient (Wildman–Crippen LogP) is 9.41. The maximum absolute atomic E-state index is 14.5. The van der Waals surface area contributed by atoms with Crippen molar-refractivity contribution in [3.8, 4) is 16.9 Å². The van der Waals surface area contributed by atoms with Gasteiger partial charge in [0.2, 0.25) is 0 Å². The van der Waals surface area contributed by atoms with Crippen molar-refractivity contribution in [3.63, 3.8) is 0 Å². The minimum Gasteiger partial charge on any atom is -0.492 e. The van der Waals surface area contributed by atoms with Crippen molar-refractivity contribution in [2.75, 3.05) is 50.9 Å². The molecule has 5 aromatic carbocycles. The fraction of sp³-hybridized carbons (Fsp3) is 0.304. The Hall–Kier alpha value is -5.02. The van der Waals surface area contributed by atoms with Crippen LogP contribution < -0.4 is 9.64 Å². The Balaban J connectivity index is 1.12. The summed E-state index contributed by atoms with van der Waals surface area (Å²) in [5, 5.41) is 0.626. The molecule has 2 unspecified atom stereocenters. The first-order valence-corrected chi connectivity index (χ1v) is 19.6. The van der Waals surface area contributed by atoms with Gasteiger partial charge in [-0.05, 0) is 103 Å². The molecule has 5 aromatic rings. The molecule has 1 aliphatic carbocycles. The normalized spacial score (nSPS) is 17.3. The number of carbonyl (C=O) groups is 2. The molecule has 7 nitrogen and oxygen atoms in total. The number of hydrogen-bond acceptors (Lipinski definition) is 5. The first-order chi connectivity index (χ1) is 26.9. The van der Waals surface area contributed by atoms with Gasteiger partial charge < -0.3 is 19.3 Å². The highest BCUT2D eigenvalue weighted by atomic mass is 35.5. The maximum Gasteiger partial charge on any atom is 0.258 e. The summed E-state index contributed by atoms with van der Waals surface area (Å²) in [6.45, 7) is 5.39. The highest BCUT2D eigenvalue weighted by Gasteiger charge is 2.33. The van der Waals surface area contributed by atoms with Crippen molar-refractivity contribution in [2.45, 2.75) is 38.3 Å². The molecule has 284 valence electrons. The topological polar surface area (TPSA) is 62.3 Å². The smallest absolute Gasteiger partial charge is 0.258 e. The van der Waals surface area contributed by atoms with Crippen LogP contribution in [0.15, 0.2) is 127 Å². The first-order valence-electron chi connectivity index (χ1n) is 19.2. The second kappa shape index (κ2) is 18.5. The lowest BCUT2D eigenvalue weighted by Crippen LogP contribution is -2.45. The number of rotatable bonds is 13. The Morgan fingerprint density at radius 1 is 0.782 bits per heavy atom. The van der Waals surface area contributed by atoms with Gasteiger partial charge in [0.25, 0.3) is 11.8 Å². The van der Waals surface area contributed by atoms with Gasteiger partial charge >= 0.3 is 0 Å². The number of hydrogen-bond donors (Lipinski definition) is 0. The quantitative estimate of drug-likeness (QED) is 0.120. The molecule has 2 amide bonds. The zero-order valence-electron chi connectivity index (χ0n) is 31.0. The largest absolute Gasteiger partial charge is 0.492 e. The highest BCUT2D eigenvalue weighted by Crippen LogP contribution is 2.34. The lowest BCUT2D eigenvalue weighted by atomic mass is 9.84. The van der Waals surface area contributed by atoms with Crippen molar-refractivity contribution in [1.82, 2.24) is 9.80 Å². The Morgan fingerprint density at radius 3 is 2.25 bits per heavy atom. The van der Waals surface area contributed by atoms with Crippen LogP contribution in [0, 0.1) is 11.7 Å². The van der Waals surface area contributed by atoms with E-state index in [1.807, 2.05) is 95.9 Å². The third-order valence-electron chi connectivity index (χ3n) is 10.6. The van der Waals surface area contributed by atoms with Gasteiger partial charge in [0.1, 0.15) is 18.2 Å². The number of carbonyl (C=O) groups excluding carboxylic acids is 2. The van der Waals surface area contributed by atoms with Crippen LogP contribution in [0.2, 0.25) is 5.02 Å². The summed E-state index contributed by atoms with van der Waals surface area (Å²) in [7, 11) is 0. The van der Waals surface area contributed by atoms with Gasteiger partial charge in [-0.15, -0.1) is 0 Å². The van der Waals surface area contributed by atoms with Gasteiger partial charge in [0.05, 0.1) is 13.2 Å². The predicted molar refractivity (Wildman–Crippen MR) is 216 cm³/mol. The number of anilines is 1. The molecule has 55 heavy (non-hydrogen) atoms. The average Bonchev–Trinajstić information content (AvgIpc) is 3.23. The van der Waals surface area contributed by atoms with Gasteiger partial charge in [-0.2, -0.15) is 0 Å². The van der Waals surface area contributed by atoms with E-state index >= 15 is 0 Å². The van der Waals surface area contributed by atoms with E-state index in [9.17, 15) is 14.0 Å². The molecule has 1 heterocycles. The van der Waals surface area contributed by atoms with Crippen LogP contribution in [0.4, 0.5) is 10.1 Å². The molecule has 0 N–H and O–H groups in total. The Kier molecular flexibility index (Phi) is 12.9. The van der Waals surface area contributed by atoms with E-state index in [-0.39, 0.29) is 23.8 Å². The van der Waals surface area contributed by atoms with Crippen LogP contribution in [-0.2, 0) is 11.3 Å². The molecule has 2 aliphatic rings. The molecule has 9 heteroatoms. The maximum atomic E-state index is 14.5. The summed E-state index contributed by atoms with van der Waals surface area (Å²) < 4.78 is 25.6. The minimum absolute atomic E-state index is 0.0357. The Morgan fingerprint density at radius 2 is 1.49 bits per heavy atom. The summed E-state index contributed by atoms with van der Waals surface area (Å²) in [4.78, 5) is 34.8. The molecular formula is C46H47ClFN3O4. The lowest BCUT2D eigenvalue weighted by Gasteiger charge is -2.39. The summed E-state index contributed by atoms with van der Waals surface area (Å²) in [5.74, 6) is 0.141. The van der Waals surface area contributed by atoms with E-state index in [0.29, 0.717) is 47.3 Å². The molecule has 0 radical (unpaired) electrons. The molecule has 2 fully saturated rings. The standard InChI is InChI=1S/C46H47ClFN3O4/c47-40-11-4-7-34(29-40)32-50(45(52)38-17-15-37(16-18-38)36-9-2-1-3-10-36)42-12-5-8-35(30-42)33-51(46(53)39-19-21-41(48)22-20-39)43-13-6-14-44(31-43)55-28-25-49-23-26-54-27-24-49/h1-4,6-7,9-11,13-22,29,31,35,42H,5,8,12,23-28,30,32-33H2. The summed E-state index contributed by atoms with van der Waals surface area (Å²) in [5.41, 5.74) is 4.85. The fourth-order valence-corrected chi connectivity index (χ4v) is 7.90. The number of halogens is 2. The summed E-state index contributed by atoms with van der Waals surface area (Å²) in [6, 6.07) is 38.9. The minimum atomic E-state index is -0.395. The number of amides is 2. The third kappa shape index (κ3) is 10.2. The van der Waals surface area contributed by atoms with Crippen LogP contribution in [0.3, 0.4) is 0 Å².